The fourth-order valence-electron chi connectivity index (χ4n) is 3.16. The summed E-state index contributed by atoms with van der Waals surface area (Å²) in [6.45, 7) is 6.67. The fourth-order valence-corrected chi connectivity index (χ4v) is 3.16. The predicted octanol–water partition coefficient (Wildman–Crippen LogP) is -1.15. The topological polar surface area (TPSA) is 20.2 Å². The SMILES string of the molecule is CC1=C(C)C(C)=C(c2ccc3ccccc3c2CO)C1.[Cl-].[Cl-].[Ti+2]. The Kier molecular flexibility index (Phi) is 8.83. The number of aliphatic hydroxyl groups excluding tert-OH is 1. The molecule has 0 radical (unpaired) electrons. The summed E-state index contributed by atoms with van der Waals surface area (Å²) in [5.41, 5.74) is 7.84. The fraction of sp³-hybridized carbons (Fsp3) is 0.263. The Morgan fingerprint density at radius 2 is 1.57 bits per heavy atom. The van der Waals surface area contributed by atoms with Crippen LogP contribution in [0.3, 0.4) is 0 Å². The van der Waals surface area contributed by atoms with E-state index in [4.69, 9.17) is 0 Å². The van der Waals surface area contributed by atoms with E-state index in [-0.39, 0.29) is 53.1 Å². The van der Waals surface area contributed by atoms with Crippen molar-refractivity contribution < 1.29 is 51.6 Å². The minimum absolute atomic E-state index is 0. The standard InChI is InChI=1S/C19H20O.2ClH.Ti/c1-12-10-18(14(3)13(12)2)17-9-8-15-6-4-5-7-16(15)19(17)11-20;;;/h4-9,20H,10-11H2,1-3H3;2*1H;/q;;;+2/p-2. The van der Waals surface area contributed by atoms with Gasteiger partial charge in [-0.3, -0.25) is 0 Å². The van der Waals surface area contributed by atoms with Gasteiger partial charge in [0.2, 0.25) is 0 Å². The van der Waals surface area contributed by atoms with E-state index in [0.717, 1.165) is 17.4 Å². The van der Waals surface area contributed by atoms with Crippen LogP contribution in [0.2, 0.25) is 0 Å². The zero-order valence-corrected chi connectivity index (χ0v) is 16.7. The van der Waals surface area contributed by atoms with Crippen LogP contribution in [0.4, 0.5) is 0 Å². The van der Waals surface area contributed by atoms with Crippen LogP contribution in [-0.2, 0) is 28.3 Å². The van der Waals surface area contributed by atoms with Crippen molar-refractivity contribution in [1.29, 1.82) is 0 Å². The van der Waals surface area contributed by atoms with Gasteiger partial charge in [0.15, 0.2) is 0 Å². The molecule has 1 N–H and O–H groups in total. The maximum absolute atomic E-state index is 9.86. The average molecular weight is 383 g/mol. The van der Waals surface area contributed by atoms with Crippen molar-refractivity contribution in [2.75, 3.05) is 0 Å². The van der Waals surface area contributed by atoms with Gasteiger partial charge in [-0.2, -0.15) is 0 Å². The molecule has 0 amide bonds. The maximum atomic E-state index is 9.86. The van der Waals surface area contributed by atoms with Crippen molar-refractivity contribution >= 4 is 16.3 Å². The van der Waals surface area contributed by atoms with Gasteiger partial charge in [-0.25, -0.2) is 0 Å². The van der Waals surface area contributed by atoms with Gasteiger partial charge in [0, 0.05) is 0 Å². The largest absolute Gasteiger partial charge is 2.00 e. The Balaban J connectivity index is 0.00000161. The van der Waals surface area contributed by atoms with Crippen LogP contribution in [0, 0.1) is 0 Å². The Morgan fingerprint density at radius 1 is 0.913 bits per heavy atom. The molecule has 0 unspecified atom stereocenters. The molecule has 0 saturated heterocycles. The van der Waals surface area contributed by atoms with Gasteiger partial charge < -0.3 is 29.9 Å². The number of aliphatic hydroxyl groups is 1. The van der Waals surface area contributed by atoms with Crippen LogP contribution < -0.4 is 24.8 Å². The van der Waals surface area contributed by atoms with Crippen LogP contribution >= 0.6 is 0 Å². The van der Waals surface area contributed by atoms with Gasteiger partial charge in [0.25, 0.3) is 0 Å². The molecule has 0 bridgehead atoms. The molecule has 120 valence electrons. The van der Waals surface area contributed by atoms with Crippen LogP contribution in [-0.4, -0.2) is 5.11 Å². The van der Waals surface area contributed by atoms with Crippen molar-refractivity contribution in [3.63, 3.8) is 0 Å². The first-order valence-electron chi connectivity index (χ1n) is 7.11. The first-order valence-corrected chi connectivity index (χ1v) is 7.11. The monoisotopic (exact) mass is 382 g/mol. The van der Waals surface area contributed by atoms with Gasteiger partial charge in [-0.05, 0) is 65.8 Å². The zero-order chi connectivity index (χ0) is 14.3. The number of hydrogen-bond donors (Lipinski definition) is 1. The number of allylic oxidation sites excluding steroid dienone is 4. The number of halogens is 2. The third-order valence-corrected chi connectivity index (χ3v) is 4.62. The van der Waals surface area contributed by atoms with E-state index in [9.17, 15) is 5.11 Å². The molecular formula is C19H20Cl2OTi. The third-order valence-electron chi connectivity index (χ3n) is 4.62. The molecule has 0 fully saturated rings. The van der Waals surface area contributed by atoms with Crippen LogP contribution in [0.5, 0.6) is 0 Å². The average Bonchev–Trinajstić information content (AvgIpc) is 2.73. The molecule has 1 aliphatic carbocycles. The summed E-state index contributed by atoms with van der Waals surface area (Å²) in [7, 11) is 0. The minimum Gasteiger partial charge on any atom is -1.00 e. The Hall–Kier alpha value is -0.566. The second kappa shape index (κ2) is 9.06. The van der Waals surface area contributed by atoms with Gasteiger partial charge in [0.05, 0.1) is 6.61 Å². The molecule has 0 spiro atoms. The van der Waals surface area contributed by atoms with E-state index < -0.39 is 0 Å². The molecule has 3 rings (SSSR count). The van der Waals surface area contributed by atoms with E-state index in [1.54, 1.807) is 0 Å². The predicted molar refractivity (Wildman–Crippen MR) is 85.5 cm³/mol. The summed E-state index contributed by atoms with van der Waals surface area (Å²) in [5, 5.41) is 12.2. The minimum atomic E-state index is 0. The smallest absolute Gasteiger partial charge is 1.00 e. The van der Waals surface area contributed by atoms with Gasteiger partial charge in [-0.1, -0.05) is 42.0 Å². The number of rotatable bonds is 2. The summed E-state index contributed by atoms with van der Waals surface area (Å²) in [6, 6.07) is 12.6. The second-order valence-corrected chi connectivity index (χ2v) is 5.66. The van der Waals surface area contributed by atoms with Crippen molar-refractivity contribution in [2.24, 2.45) is 0 Å². The van der Waals surface area contributed by atoms with Crippen molar-refractivity contribution in [2.45, 2.75) is 33.8 Å². The summed E-state index contributed by atoms with van der Waals surface area (Å²) < 4.78 is 0. The molecule has 0 aromatic heterocycles. The summed E-state index contributed by atoms with van der Waals surface area (Å²) in [5.74, 6) is 0. The molecule has 0 saturated carbocycles. The molecule has 2 aromatic rings. The van der Waals surface area contributed by atoms with E-state index in [1.807, 2.05) is 12.1 Å². The van der Waals surface area contributed by atoms with Crippen molar-refractivity contribution in [3.8, 4) is 0 Å². The Morgan fingerprint density at radius 3 is 2.13 bits per heavy atom. The maximum Gasteiger partial charge on any atom is 2.00 e. The van der Waals surface area contributed by atoms with Gasteiger partial charge in [0.1, 0.15) is 0 Å². The second-order valence-electron chi connectivity index (χ2n) is 5.66. The van der Waals surface area contributed by atoms with Gasteiger partial charge in [-0.15, -0.1) is 0 Å². The van der Waals surface area contributed by atoms with E-state index >= 15 is 0 Å². The Bertz CT molecular complexity index is 763. The van der Waals surface area contributed by atoms with Crippen LogP contribution in [0.1, 0.15) is 38.3 Å². The Labute approximate surface area is 165 Å². The van der Waals surface area contributed by atoms with Gasteiger partial charge >= 0.3 is 21.7 Å². The first kappa shape index (κ1) is 22.4. The number of fused-ring (bicyclic) bond motifs is 1. The molecule has 2 aromatic carbocycles. The first-order chi connectivity index (χ1) is 9.63. The van der Waals surface area contributed by atoms with Crippen LogP contribution in [0.25, 0.3) is 16.3 Å². The molecule has 23 heavy (non-hydrogen) atoms. The quantitative estimate of drug-likeness (QED) is 0.650. The molecule has 0 aliphatic heterocycles. The molecule has 1 aliphatic rings. The summed E-state index contributed by atoms with van der Waals surface area (Å²) in [4.78, 5) is 0. The van der Waals surface area contributed by atoms with Crippen molar-refractivity contribution in [1.82, 2.24) is 0 Å². The third kappa shape index (κ3) is 3.92. The molecule has 0 heterocycles. The summed E-state index contributed by atoms with van der Waals surface area (Å²) >= 11 is 0. The molecular weight excluding hydrogens is 363 g/mol. The van der Waals surface area contributed by atoms with E-state index in [0.29, 0.717) is 0 Å². The number of benzene rings is 2. The molecule has 4 heteroatoms. The van der Waals surface area contributed by atoms with Crippen LogP contribution in [0.15, 0.2) is 53.1 Å². The normalized spacial score (nSPS) is 13.6. The van der Waals surface area contributed by atoms with Crippen molar-refractivity contribution in [3.05, 3.63) is 64.2 Å². The number of hydrogen-bond acceptors (Lipinski definition) is 1. The van der Waals surface area contributed by atoms with E-state index in [1.165, 1.54) is 33.2 Å². The summed E-state index contributed by atoms with van der Waals surface area (Å²) in [6.07, 6.45) is 1.00. The molecule has 0 atom stereocenters. The molecule has 1 nitrogen and oxygen atoms in total. The zero-order valence-electron chi connectivity index (χ0n) is 13.6. The van der Waals surface area contributed by atoms with E-state index in [2.05, 4.69) is 45.0 Å².